The zero-order valence-corrected chi connectivity index (χ0v) is 11.9. The van der Waals surface area contributed by atoms with Crippen molar-refractivity contribution in [2.75, 3.05) is 0 Å². The van der Waals surface area contributed by atoms with Crippen LogP contribution in [0, 0.1) is 0 Å². The number of rotatable bonds is 3. The van der Waals surface area contributed by atoms with Crippen molar-refractivity contribution in [1.29, 1.82) is 0 Å². The Bertz CT molecular complexity index is 638. The molecule has 2 rings (SSSR count). The van der Waals surface area contributed by atoms with E-state index in [0.29, 0.717) is 10.6 Å². The predicted molar refractivity (Wildman–Crippen MR) is 80.4 cm³/mol. The summed E-state index contributed by atoms with van der Waals surface area (Å²) in [6, 6.07) is 10.2. The molecule has 0 atom stereocenters. The molecule has 0 fully saturated rings. The monoisotopic (exact) mass is 306 g/mol. The van der Waals surface area contributed by atoms with Crippen molar-refractivity contribution in [3.05, 3.63) is 63.3 Å². The summed E-state index contributed by atoms with van der Waals surface area (Å²) in [4.78, 5) is 24.2. The van der Waals surface area contributed by atoms with Crippen LogP contribution in [0.4, 0.5) is 0 Å². The molecule has 1 aromatic heterocycles. The average molecular weight is 307 g/mol. The highest BCUT2D eigenvalue weighted by atomic mass is 35.5. The Morgan fingerprint density at radius 2 is 2.00 bits per heavy atom. The van der Waals surface area contributed by atoms with E-state index in [1.165, 1.54) is 23.5 Å². The number of hydrazine groups is 1. The fraction of sp³-hybridized carbons (Fsp3) is 0. The van der Waals surface area contributed by atoms with Gasteiger partial charge < -0.3 is 0 Å². The summed E-state index contributed by atoms with van der Waals surface area (Å²) >= 11 is 7.30. The Kier molecular flexibility index (Phi) is 4.92. The van der Waals surface area contributed by atoms with Crippen LogP contribution in [0.15, 0.2) is 47.9 Å². The van der Waals surface area contributed by atoms with E-state index >= 15 is 0 Å². The van der Waals surface area contributed by atoms with E-state index in [9.17, 15) is 9.59 Å². The van der Waals surface area contributed by atoms with Gasteiger partial charge in [0.25, 0.3) is 11.8 Å². The molecule has 2 aromatic rings. The maximum atomic E-state index is 11.7. The Morgan fingerprint density at radius 3 is 2.70 bits per heavy atom. The molecule has 1 heterocycles. The number of hydrogen-bond donors (Lipinski definition) is 2. The van der Waals surface area contributed by atoms with Gasteiger partial charge in [0.15, 0.2) is 0 Å². The van der Waals surface area contributed by atoms with Gasteiger partial charge in [-0.2, -0.15) is 0 Å². The van der Waals surface area contributed by atoms with Crippen LogP contribution in [0.5, 0.6) is 0 Å². The van der Waals surface area contributed by atoms with Crippen LogP contribution < -0.4 is 10.9 Å². The van der Waals surface area contributed by atoms with Gasteiger partial charge in [-0.1, -0.05) is 23.7 Å². The quantitative estimate of drug-likeness (QED) is 0.676. The lowest BCUT2D eigenvalue weighted by atomic mass is 10.2. The number of thiophene rings is 1. The minimum atomic E-state index is -0.426. The van der Waals surface area contributed by atoms with Gasteiger partial charge in [-0.05, 0) is 35.7 Å². The second-order valence-corrected chi connectivity index (χ2v) is 5.22. The summed E-state index contributed by atoms with van der Waals surface area (Å²) in [5.41, 5.74) is 4.99. The number of nitrogens with one attached hydrogen (secondary N) is 2. The average Bonchev–Trinajstić information content (AvgIpc) is 2.95. The molecule has 0 saturated carbocycles. The highest BCUT2D eigenvalue weighted by molar-refractivity contribution is 7.10. The summed E-state index contributed by atoms with van der Waals surface area (Å²) in [5, 5.41) is 2.37. The summed E-state index contributed by atoms with van der Waals surface area (Å²) in [6.07, 6.45) is 3.02. The van der Waals surface area contributed by atoms with Gasteiger partial charge in [-0.15, -0.1) is 11.3 Å². The Labute approximate surface area is 125 Å². The number of hydrogen-bond acceptors (Lipinski definition) is 3. The third-order valence-electron chi connectivity index (χ3n) is 2.33. The second kappa shape index (κ2) is 6.88. The van der Waals surface area contributed by atoms with Crippen LogP contribution in [-0.4, -0.2) is 11.8 Å². The van der Waals surface area contributed by atoms with Gasteiger partial charge in [-0.25, -0.2) is 0 Å². The van der Waals surface area contributed by atoms with E-state index in [1.807, 2.05) is 17.5 Å². The van der Waals surface area contributed by atoms with Crippen molar-refractivity contribution in [3.8, 4) is 0 Å². The maximum absolute atomic E-state index is 11.7. The molecular formula is C14H11ClN2O2S. The van der Waals surface area contributed by atoms with E-state index < -0.39 is 11.8 Å². The standard InChI is InChI=1S/C14H11ClN2O2S/c15-11-4-1-3-10(9-11)14(19)17-16-13(18)7-6-12-5-2-8-20-12/h1-9H,(H,16,18)(H,17,19). The van der Waals surface area contributed by atoms with Crippen LogP contribution in [-0.2, 0) is 4.79 Å². The first kappa shape index (κ1) is 14.3. The van der Waals surface area contributed by atoms with Gasteiger partial charge in [0, 0.05) is 21.5 Å². The van der Waals surface area contributed by atoms with E-state index in [1.54, 1.807) is 24.3 Å². The maximum Gasteiger partial charge on any atom is 0.269 e. The molecule has 0 aliphatic carbocycles. The first-order valence-electron chi connectivity index (χ1n) is 5.72. The van der Waals surface area contributed by atoms with Crippen molar-refractivity contribution < 1.29 is 9.59 Å². The van der Waals surface area contributed by atoms with E-state index in [0.717, 1.165) is 4.88 Å². The first-order valence-corrected chi connectivity index (χ1v) is 6.98. The molecule has 102 valence electrons. The van der Waals surface area contributed by atoms with Gasteiger partial charge in [0.05, 0.1) is 0 Å². The molecule has 0 bridgehead atoms. The summed E-state index contributed by atoms with van der Waals surface area (Å²) in [6.45, 7) is 0. The predicted octanol–water partition coefficient (Wildman–Crippen LogP) is 2.88. The number of carbonyl (C=O) groups is 2. The van der Waals surface area contributed by atoms with Crippen LogP contribution in [0.1, 0.15) is 15.2 Å². The lowest BCUT2D eigenvalue weighted by Crippen LogP contribution is -2.40. The lowest BCUT2D eigenvalue weighted by molar-refractivity contribution is -0.117. The number of halogens is 1. The van der Waals surface area contributed by atoms with Crippen LogP contribution >= 0.6 is 22.9 Å². The molecular weight excluding hydrogens is 296 g/mol. The summed E-state index contributed by atoms with van der Waals surface area (Å²) < 4.78 is 0. The normalized spacial score (nSPS) is 10.4. The summed E-state index contributed by atoms with van der Waals surface area (Å²) in [7, 11) is 0. The van der Waals surface area contributed by atoms with Gasteiger partial charge >= 0.3 is 0 Å². The molecule has 2 N–H and O–H groups in total. The zero-order valence-electron chi connectivity index (χ0n) is 10.3. The fourth-order valence-corrected chi connectivity index (χ4v) is 2.21. The van der Waals surface area contributed by atoms with E-state index in [4.69, 9.17) is 11.6 Å². The van der Waals surface area contributed by atoms with E-state index in [-0.39, 0.29) is 0 Å². The molecule has 0 aliphatic heterocycles. The first-order chi connectivity index (χ1) is 9.65. The van der Waals surface area contributed by atoms with Crippen LogP contribution in [0.25, 0.3) is 6.08 Å². The van der Waals surface area contributed by atoms with E-state index in [2.05, 4.69) is 10.9 Å². The van der Waals surface area contributed by atoms with Gasteiger partial charge in [0.1, 0.15) is 0 Å². The third-order valence-corrected chi connectivity index (χ3v) is 3.40. The van der Waals surface area contributed by atoms with Gasteiger partial charge in [-0.3, -0.25) is 20.4 Å². The smallest absolute Gasteiger partial charge is 0.268 e. The highest BCUT2D eigenvalue weighted by Crippen LogP contribution is 2.10. The molecule has 0 unspecified atom stereocenters. The topological polar surface area (TPSA) is 58.2 Å². The fourth-order valence-electron chi connectivity index (χ4n) is 1.41. The molecule has 0 radical (unpaired) electrons. The number of amides is 2. The third kappa shape index (κ3) is 4.22. The number of carbonyl (C=O) groups excluding carboxylic acids is 2. The van der Waals surface area contributed by atoms with Gasteiger partial charge in [0.2, 0.25) is 0 Å². The molecule has 1 aromatic carbocycles. The summed E-state index contributed by atoms with van der Waals surface area (Å²) in [5.74, 6) is -0.834. The minimum Gasteiger partial charge on any atom is -0.268 e. The Balaban J connectivity index is 1.86. The molecule has 0 aliphatic rings. The van der Waals surface area contributed by atoms with Crippen molar-refractivity contribution in [2.45, 2.75) is 0 Å². The molecule has 4 nitrogen and oxygen atoms in total. The SMILES string of the molecule is O=C(C=Cc1cccs1)NNC(=O)c1cccc(Cl)c1. The lowest BCUT2D eigenvalue weighted by Gasteiger charge is -2.05. The van der Waals surface area contributed by atoms with Crippen molar-refractivity contribution in [1.82, 2.24) is 10.9 Å². The van der Waals surface area contributed by atoms with Crippen molar-refractivity contribution in [3.63, 3.8) is 0 Å². The molecule has 0 spiro atoms. The second-order valence-electron chi connectivity index (χ2n) is 3.80. The molecule has 20 heavy (non-hydrogen) atoms. The van der Waals surface area contributed by atoms with Crippen molar-refractivity contribution >= 4 is 40.8 Å². The van der Waals surface area contributed by atoms with Crippen LogP contribution in [0.3, 0.4) is 0 Å². The Hall–Kier alpha value is -2.11. The minimum absolute atomic E-state index is 0.375. The number of benzene rings is 1. The Morgan fingerprint density at radius 1 is 1.15 bits per heavy atom. The van der Waals surface area contributed by atoms with Crippen LogP contribution in [0.2, 0.25) is 5.02 Å². The van der Waals surface area contributed by atoms with Crippen molar-refractivity contribution in [2.24, 2.45) is 0 Å². The largest absolute Gasteiger partial charge is 0.269 e. The molecule has 2 amide bonds. The highest BCUT2D eigenvalue weighted by Gasteiger charge is 2.06. The zero-order chi connectivity index (χ0) is 14.4. The molecule has 0 saturated heterocycles. The molecule has 6 heteroatoms.